The molecule has 148 valence electrons. The van der Waals surface area contributed by atoms with Crippen LogP contribution in [0.3, 0.4) is 0 Å². The highest BCUT2D eigenvalue weighted by Crippen LogP contribution is 2.22. The van der Waals surface area contributed by atoms with Gasteiger partial charge in [-0.2, -0.15) is 0 Å². The van der Waals surface area contributed by atoms with Crippen molar-refractivity contribution in [3.8, 4) is 0 Å². The molecule has 0 unspecified atom stereocenters. The average molecular weight is 402 g/mol. The maximum absolute atomic E-state index is 12.2. The summed E-state index contributed by atoms with van der Waals surface area (Å²) in [6.07, 6.45) is 1.75. The molecule has 2 aromatic rings. The summed E-state index contributed by atoms with van der Waals surface area (Å²) in [5.41, 5.74) is 7.21. The average Bonchev–Trinajstić information content (AvgIpc) is 3.48. The lowest BCUT2D eigenvalue weighted by Gasteiger charge is -2.10. The Morgan fingerprint density at radius 3 is 2.21 bits per heavy atom. The summed E-state index contributed by atoms with van der Waals surface area (Å²) >= 11 is 0. The topological polar surface area (TPSA) is 116 Å². The summed E-state index contributed by atoms with van der Waals surface area (Å²) in [6.45, 7) is 1.85. The highest BCUT2D eigenvalue weighted by atomic mass is 32.2. The summed E-state index contributed by atoms with van der Waals surface area (Å²) in [5, 5.41) is 2.69. The fourth-order valence-corrected chi connectivity index (χ4v) is 3.71. The summed E-state index contributed by atoms with van der Waals surface area (Å²) in [5.74, 6) is -0.452. The summed E-state index contributed by atoms with van der Waals surface area (Å²) in [7, 11) is -3.49. The number of carbonyl (C=O) groups excluding carboxylic acids is 2. The van der Waals surface area contributed by atoms with Gasteiger partial charge in [0.2, 0.25) is 15.9 Å². The third-order valence-corrected chi connectivity index (χ3v) is 5.68. The van der Waals surface area contributed by atoms with E-state index in [4.69, 9.17) is 0 Å². The van der Waals surface area contributed by atoms with Gasteiger partial charge in [0.05, 0.1) is 10.6 Å². The van der Waals surface area contributed by atoms with Crippen molar-refractivity contribution < 1.29 is 18.0 Å². The van der Waals surface area contributed by atoms with Gasteiger partial charge in [0.25, 0.3) is 5.91 Å². The van der Waals surface area contributed by atoms with E-state index in [9.17, 15) is 18.0 Å². The summed E-state index contributed by atoms with van der Waals surface area (Å²) < 4.78 is 26.9. The molecule has 0 saturated heterocycles. The van der Waals surface area contributed by atoms with Crippen LogP contribution in [0.25, 0.3) is 0 Å². The summed E-state index contributed by atoms with van der Waals surface area (Å²) in [6, 6.07) is 13.0. The van der Waals surface area contributed by atoms with Crippen molar-refractivity contribution >= 4 is 27.5 Å². The zero-order chi connectivity index (χ0) is 20.1. The van der Waals surface area contributed by atoms with Crippen LogP contribution in [-0.4, -0.2) is 26.3 Å². The zero-order valence-corrected chi connectivity index (χ0v) is 16.2. The van der Waals surface area contributed by atoms with Gasteiger partial charge >= 0.3 is 0 Å². The lowest BCUT2D eigenvalue weighted by molar-refractivity contribution is -0.119. The zero-order valence-electron chi connectivity index (χ0n) is 15.4. The van der Waals surface area contributed by atoms with Crippen molar-refractivity contribution in [1.29, 1.82) is 0 Å². The SMILES string of the molecule is CC(=O)NCc1ccc(C(=O)NNc2ccc(S(=O)(=O)NC3CC3)cc2)cc1. The molecule has 0 atom stereocenters. The van der Waals surface area contributed by atoms with Crippen LogP contribution in [0.1, 0.15) is 35.7 Å². The molecule has 4 N–H and O–H groups in total. The van der Waals surface area contributed by atoms with Gasteiger partial charge in [-0.1, -0.05) is 12.1 Å². The van der Waals surface area contributed by atoms with Crippen molar-refractivity contribution in [3.63, 3.8) is 0 Å². The lowest BCUT2D eigenvalue weighted by Crippen LogP contribution is -2.29. The highest BCUT2D eigenvalue weighted by molar-refractivity contribution is 7.89. The van der Waals surface area contributed by atoms with Crippen molar-refractivity contribution in [2.45, 2.75) is 37.2 Å². The minimum absolute atomic E-state index is 0.0479. The van der Waals surface area contributed by atoms with Crippen LogP contribution < -0.4 is 20.9 Å². The van der Waals surface area contributed by atoms with E-state index in [1.807, 2.05) is 0 Å². The van der Waals surface area contributed by atoms with Gasteiger partial charge in [0, 0.05) is 25.1 Å². The maximum atomic E-state index is 12.2. The van der Waals surface area contributed by atoms with Crippen molar-refractivity contribution in [1.82, 2.24) is 15.5 Å². The fraction of sp³-hybridized carbons (Fsp3) is 0.263. The van der Waals surface area contributed by atoms with Gasteiger partial charge in [-0.15, -0.1) is 0 Å². The predicted molar refractivity (Wildman–Crippen MR) is 105 cm³/mol. The van der Waals surface area contributed by atoms with Crippen molar-refractivity contribution in [3.05, 3.63) is 59.7 Å². The Kier molecular flexibility index (Phi) is 5.96. The van der Waals surface area contributed by atoms with Crippen LogP contribution in [0, 0.1) is 0 Å². The minimum atomic E-state index is -3.49. The monoisotopic (exact) mass is 402 g/mol. The molecule has 0 radical (unpaired) electrons. The molecule has 0 spiro atoms. The van der Waals surface area contributed by atoms with Crippen LogP contribution in [0.5, 0.6) is 0 Å². The highest BCUT2D eigenvalue weighted by Gasteiger charge is 2.27. The fourth-order valence-electron chi connectivity index (χ4n) is 2.41. The first kappa shape index (κ1) is 19.8. The van der Waals surface area contributed by atoms with E-state index in [1.54, 1.807) is 36.4 Å². The Balaban J connectivity index is 1.53. The molecule has 0 bridgehead atoms. The number of carbonyl (C=O) groups is 2. The molecule has 1 aliphatic rings. The number of hydrazine groups is 1. The summed E-state index contributed by atoms with van der Waals surface area (Å²) in [4.78, 5) is 23.3. The van der Waals surface area contributed by atoms with E-state index in [1.165, 1.54) is 19.1 Å². The molecule has 0 heterocycles. The Morgan fingerprint density at radius 2 is 1.64 bits per heavy atom. The lowest BCUT2D eigenvalue weighted by atomic mass is 10.1. The van der Waals surface area contributed by atoms with Crippen molar-refractivity contribution in [2.75, 3.05) is 5.43 Å². The Morgan fingerprint density at radius 1 is 1.00 bits per heavy atom. The van der Waals surface area contributed by atoms with E-state index < -0.39 is 10.0 Å². The Hall–Kier alpha value is -2.91. The maximum Gasteiger partial charge on any atom is 0.269 e. The van der Waals surface area contributed by atoms with E-state index in [2.05, 4.69) is 20.9 Å². The first-order valence-corrected chi connectivity index (χ1v) is 10.3. The molecule has 3 rings (SSSR count). The second kappa shape index (κ2) is 8.41. The number of hydrogen-bond acceptors (Lipinski definition) is 5. The first-order valence-electron chi connectivity index (χ1n) is 8.85. The van der Waals surface area contributed by atoms with Gasteiger partial charge in [0.15, 0.2) is 0 Å². The number of rotatable bonds is 8. The molecule has 1 fully saturated rings. The largest absolute Gasteiger partial charge is 0.352 e. The van der Waals surface area contributed by atoms with E-state index in [0.717, 1.165) is 18.4 Å². The molecule has 2 aromatic carbocycles. The van der Waals surface area contributed by atoms with E-state index in [-0.39, 0.29) is 22.8 Å². The molecule has 1 aliphatic carbocycles. The third-order valence-electron chi connectivity index (χ3n) is 4.14. The second-order valence-electron chi connectivity index (χ2n) is 6.61. The molecular formula is C19H22N4O4S. The number of sulfonamides is 1. The van der Waals surface area contributed by atoms with E-state index >= 15 is 0 Å². The number of hydrogen-bond donors (Lipinski definition) is 4. The number of amides is 2. The van der Waals surface area contributed by atoms with Gasteiger partial charge < -0.3 is 5.32 Å². The second-order valence-corrected chi connectivity index (χ2v) is 8.32. The van der Waals surface area contributed by atoms with E-state index in [0.29, 0.717) is 17.8 Å². The molecule has 0 aromatic heterocycles. The number of benzene rings is 2. The van der Waals surface area contributed by atoms with Crippen LogP contribution in [0.2, 0.25) is 0 Å². The molecule has 9 heteroatoms. The molecule has 0 aliphatic heterocycles. The smallest absolute Gasteiger partial charge is 0.269 e. The molecule has 2 amide bonds. The Labute approximate surface area is 163 Å². The van der Waals surface area contributed by atoms with Gasteiger partial charge in [0.1, 0.15) is 0 Å². The van der Waals surface area contributed by atoms with Crippen molar-refractivity contribution in [2.24, 2.45) is 0 Å². The van der Waals surface area contributed by atoms with Crippen LogP contribution >= 0.6 is 0 Å². The van der Waals surface area contributed by atoms with Gasteiger partial charge in [-0.05, 0) is 54.8 Å². The standard InChI is InChI=1S/C19H22N4O4S/c1-13(24)20-12-14-2-4-15(5-3-14)19(25)22-21-16-8-10-18(11-9-16)28(26,27)23-17-6-7-17/h2-5,8-11,17,21,23H,6-7,12H2,1H3,(H,20,24)(H,22,25). The molecule has 28 heavy (non-hydrogen) atoms. The normalized spacial score (nSPS) is 13.6. The van der Waals surface area contributed by atoms with Crippen LogP contribution in [0.4, 0.5) is 5.69 Å². The van der Waals surface area contributed by atoms with Gasteiger partial charge in [-0.25, -0.2) is 13.1 Å². The quantitative estimate of drug-likeness (QED) is 0.500. The predicted octanol–water partition coefficient (Wildman–Crippen LogP) is 1.52. The first-order chi connectivity index (χ1) is 13.3. The van der Waals surface area contributed by atoms with Crippen LogP contribution in [-0.2, 0) is 21.4 Å². The minimum Gasteiger partial charge on any atom is -0.352 e. The number of anilines is 1. The van der Waals surface area contributed by atoms with Crippen LogP contribution in [0.15, 0.2) is 53.4 Å². The molecular weight excluding hydrogens is 380 g/mol. The van der Waals surface area contributed by atoms with Gasteiger partial charge in [-0.3, -0.25) is 20.4 Å². The molecule has 1 saturated carbocycles. The number of nitrogens with one attached hydrogen (secondary N) is 4. The Bertz CT molecular complexity index is 952. The third kappa shape index (κ3) is 5.54. The molecule has 8 nitrogen and oxygen atoms in total.